The first-order valence-corrected chi connectivity index (χ1v) is 14.5. The molecule has 2 aliphatic rings. The fourth-order valence-corrected chi connectivity index (χ4v) is 5.93. The van der Waals surface area contributed by atoms with Crippen LogP contribution in [-0.2, 0) is 17.9 Å². The van der Waals surface area contributed by atoms with Crippen LogP contribution >= 0.6 is 11.3 Å². The Morgan fingerprint density at radius 3 is 2.62 bits per heavy atom. The number of nitrogens with one attached hydrogen (secondary N) is 1. The lowest BCUT2D eigenvalue weighted by Crippen LogP contribution is -2.31. The SMILES string of the molecule is CC(=O)C(C)c1nc(C)c(C(=O)N[C@@H](C)c2ccc(CN3Cc4ccc(OCC5CC5)cc4C(F)C3)cc2)s1. The minimum atomic E-state index is -1.04. The molecule has 3 aromatic rings. The van der Waals surface area contributed by atoms with Crippen LogP contribution < -0.4 is 10.1 Å². The number of nitrogens with zero attached hydrogens (tertiary/aromatic N) is 2. The molecule has 5 rings (SSSR count). The lowest BCUT2D eigenvalue weighted by atomic mass is 9.97. The molecule has 1 aliphatic heterocycles. The van der Waals surface area contributed by atoms with Crippen molar-refractivity contribution in [1.82, 2.24) is 15.2 Å². The van der Waals surface area contributed by atoms with Crippen molar-refractivity contribution in [3.63, 3.8) is 0 Å². The highest BCUT2D eigenvalue weighted by atomic mass is 32.1. The summed E-state index contributed by atoms with van der Waals surface area (Å²) in [5.74, 6) is 0.963. The summed E-state index contributed by atoms with van der Waals surface area (Å²) in [5.41, 5.74) is 4.48. The third kappa shape index (κ3) is 6.56. The quantitative estimate of drug-likeness (QED) is 0.315. The third-order valence-electron chi connectivity index (χ3n) is 7.68. The van der Waals surface area contributed by atoms with Gasteiger partial charge in [-0.1, -0.05) is 30.3 Å². The fraction of sp³-hybridized carbons (Fsp3) is 0.452. The highest BCUT2D eigenvalue weighted by Crippen LogP contribution is 2.35. The van der Waals surface area contributed by atoms with Crippen LogP contribution in [0.4, 0.5) is 4.39 Å². The number of carbonyl (C=O) groups excluding carboxylic acids is 2. The van der Waals surface area contributed by atoms with Crippen molar-refractivity contribution in [1.29, 1.82) is 0 Å². The third-order valence-corrected chi connectivity index (χ3v) is 9.02. The van der Waals surface area contributed by atoms with E-state index >= 15 is 4.39 Å². The summed E-state index contributed by atoms with van der Waals surface area (Å²) in [6.07, 6.45) is 1.42. The number of Topliss-reactive ketones (excluding diaryl/α,β-unsaturated/α-hetero) is 1. The lowest BCUT2D eigenvalue weighted by molar-refractivity contribution is -0.118. The minimum Gasteiger partial charge on any atom is -0.493 e. The van der Waals surface area contributed by atoms with Gasteiger partial charge in [0.2, 0.25) is 0 Å². The first-order valence-electron chi connectivity index (χ1n) is 13.7. The van der Waals surface area contributed by atoms with Crippen molar-refractivity contribution in [2.75, 3.05) is 13.2 Å². The van der Waals surface area contributed by atoms with E-state index in [0.29, 0.717) is 41.1 Å². The predicted molar refractivity (Wildman–Crippen MR) is 151 cm³/mol. The van der Waals surface area contributed by atoms with E-state index in [-0.39, 0.29) is 23.7 Å². The molecule has 0 radical (unpaired) electrons. The van der Waals surface area contributed by atoms with Crippen molar-refractivity contribution in [3.8, 4) is 5.75 Å². The summed E-state index contributed by atoms with van der Waals surface area (Å²) in [5, 5.41) is 3.72. The number of hydrogen-bond donors (Lipinski definition) is 1. The number of benzene rings is 2. The van der Waals surface area contributed by atoms with Crippen molar-refractivity contribution < 1.29 is 18.7 Å². The number of ketones is 1. The minimum absolute atomic E-state index is 0.0304. The molecule has 2 aromatic carbocycles. The monoisotopic (exact) mass is 549 g/mol. The molecular formula is C31H36FN3O3S. The number of thiazole rings is 1. The Morgan fingerprint density at radius 2 is 1.92 bits per heavy atom. The molecule has 3 atom stereocenters. The van der Waals surface area contributed by atoms with Gasteiger partial charge in [-0.05, 0) is 80.8 Å². The summed E-state index contributed by atoms with van der Waals surface area (Å²) < 4.78 is 21.0. The Morgan fingerprint density at radius 1 is 1.18 bits per heavy atom. The molecule has 2 heterocycles. The Labute approximate surface area is 233 Å². The van der Waals surface area contributed by atoms with E-state index in [9.17, 15) is 9.59 Å². The number of hydrogen-bond acceptors (Lipinski definition) is 6. The summed E-state index contributed by atoms with van der Waals surface area (Å²) in [4.78, 5) is 31.8. The van der Waals surface area contributed by atoms with Crippen LogP contribution in [0.5, 0.6) is 5.75 Å². The van der Waals surface area contributed by atoms with Crippen LogP contribution in [0.15, 0.2) is 42.5 Å². The highest BCUT2D eigenvalue weighted by molar-refractivity contribution is 7.14. The topological polar surface area (TPSA) is 71.5 Å². The molecule has 1 saturated carbocycles. The summed E-state index contributed by atoms with van der Waals surface area (Å²) >= 11 is 1.28. The number of alkyl halides is 1. The molecule has 206 valence electrons. The second kappa shape index (κ2) is 11.6. The second-order valence-corrected chi connectivity index (χ2v) is 12.0. The van der Waals surface area contributed by atoms with Gasteiger partial charge in [0.05, 0.1) is 24.3 Å². The van der Waals surface area contributed by atoms with Crippen LogP contribution in [0, 0.1) is 12.8 Å². The lowest BCUT2D eigenvalue weighted by Gasteiger charge is -2.31. The number of ether oxygens (including phenoxy) is 1. The summed E-state index contributed by atoms with van der Waals surface area (Å²) in [7, 11) is 0. The maximum atomic E-state index is 15.1. The molecule has 1 N–H and O–H groups in total. The van der Waals surface area contributed by atoms with E-state index in [1.165, 1.54) is 31.1 Å². The number of aryl methyl sites for hydroxylation is 1. The number of rotatable bonds is 10. The van der Waals surface area contributed by atoms with E-state index in [4.69, 9.17) is 4.74 Å². The Hall–Kier alpha value is -3.10. The number of aromatic nitrogens is 1. The maximum absolute atomic E-state index is 15.1. The van der Waals surface area contributed by atoms with Gasteiger partial charge in [-0.25, -0.2) is 9.37 Å². The number of carbonyl (C=O) groups is 2. The summed E-state index contributed by atoms with van der Waals surface area (Å²) in [6.45, 7) is 9.52. The molecule has 1 fully saturated rings. The standard InChI is InChI=1S/C31H36FN3O3S/c1-18(21(4)36)31-34-20(3)29(39-31)30(37)33-19(2)24-9-7-22(8-10-24)14-35-15-25-11-12-26(38-17-23-5-6-23)13-27(25)28(32)16-35/h7-13,18-19,23,28H,5-6,14-17H2,1-4H3,(H,33,37)/t18?,19-,28?/m0/s1. The summed E-state index contributed by atoms with van der Waals surface area (Å²) in [6, 6.07) is 13.7. The van der Waals surface area contributed by atoms with E-state index in [0.717, 1.165) is 34.6 Å². The van der Waals surface area contributed by atoms with E-state index < -0.39 is 6.17 Å². The Balaban J connectivity index is 1.17. The van der Waals surface area contributed by atoms with Gasteiger partial charge in [0.1, 0.15) is 27.6 Å². The van der Waals surface area contributed by atoms with Gasteiger partial charge in [-0.2, -0.15) is 0 Å². The molecule has 0 spiro atoms. The molecule has 0 bridgehead atoms. The van der Waals surface area contributed by atoms with Gasteiger partial charge in [-0.3, -0.25) is 14.5 Å². The zero-order valence-corrected chi connectivity index (χ0v) is 23.8. The van der Waals surface area contributed by atoms with E-state index in [1.807, 2.05) is 56.3 Å². The first-order chi connectivity index (χ1) is 18.7. The van der Waals surface area contributed by atoms with Crippen LogP contribution in [0.1, 0.15) is 94.4 Å². The van der Waals surface area contributed by atoms with E-state index in [2.05, 4.69) is 15.2 Å². The van der Waals surface area contributed by atoms with Crippen LogP contribution in [0.2, 0.25) is 0 Å². The number of fused-ring (bicyclic) bond motifs is 1. The first kappa shape index (κ1) is 27.5. The second-order valence-electron chi connectivity index (χ2n) is 11.0. The van der Waals surface area contributed by atoms with Crippen molar-refractivity contribution in [2.24, 2.45) is 5.92 Å². The van der Waals surface area contributed by atoms with Crippen molar-refractivity contribution in [3.05, 3.63) is 80.3 Å². The largest absolute Gasteiger partial charge is 0.493 e. The average Bonchev–Trinajstić information content (AvgIpc) is 3.66. The molecular weight excluding hydrogens is 513 g/mol. The molecule has 1 aliphatic carbocycles. The molecule has 2 unspecified atom stereocenters. The Bertz CT molecular complexity index is 1350. The Kier molecular flexibility index (Phi) is 8.14. The average molecular weight is 550 g/mol. The van der Waals surface area contributed by atoms with Gasteiger partial charge in [0, 0.05) is 19.6 Å². The molecule has 0 saturated heterocycles. The molecule has 1 aromatic heterocycles. The van der Waals surface area contributed by atoms with Gasteiger partial charge < -0.3 is 10.1 Å². The van der Waals surface area contributed by atoms with Gasteiger partial charge >= 0.3 is 0 Å². The molecule has 6 nitrogen and oxygen atoms in total. The van der Waals surface area contributed by atoms with Gasteiger partial charge in [-0.15, -0.1) is 11.3 Å². The fourth-order valence-electron chi connectivity index (χ4n) is 4.85. The van der Waals surface area contributed by atoms with Crippen LogP contribution in [0.3, 0.4) is 0 Å². The van der Waals surface area contributed by atoms with Crippen molar-refractivity contribution >= 4 is 23.0 Å². The van der Waals surface area contributed by atoms with E-state index in [1.54, 1.807) is 6.92 Å². The van der Waals surface area contributed by atoms with Gasteiger partial charge in [0.25, 0.3) is 5.91 Å². The van der Waals surface area contributed by atoms with Crippen LogP contribution in [-0.4, -0.2) is 34.7 Å². The van der Waals surface area contributed by atoms with Crippen molar-refractivity contribution in [2.45, 2.75) is 71.8 Å². The molecule has 39 heavy (non-hydrogen) atoms. The number of amides is 1. The molecule has 8 heteroatoms. The predicted octanol–water partition coefficient (Wildman–Crippen LogP) is 6.45. The zero-order chi connectivity index (χ0) is 27.7. The van der Waals surface area contributed by atoms with Crippen LogP contribution in [0.25, 0.3) is 0 Å². The number of halogens is 1. The normalized spacial score (nSPS) is 18.7. The zero-order valence-electron chi connectivity index (χ0n) is 23.0. The smallest absolute Gasteiger partial charge is 0.263 e. The highest BCUT2D eigenvalue weighted by Gasteiger charge is 2.27. The molecule has 1 amide bonds. The maximum Gasteiger partial charge on any atom is 0.263 e. The van der Waals surface area contributed by atoms with Gasteiger partial charge in [0.15, 0.2) is 0 Å².